The molecule has 0 fully saturated rings. The number of rotatable bonds is 7. The second-order valence-corrected chi connectivity index (χ2v) is 6.52. The van der Waals surface area contributed by atoms with Crippen LogP contribution in [0.4, 0.5) is 0 Å². The topological polar surface area (TPSA) is 49.3 Å². The van der Waals surface area contributed by atoms with E-state index >= 15 is 0 Å². The van der Waals surface area contributed by atoms with Gasteiger partial charge in [-0.1, -0.05) is 37.6 Å². The van der Waals surface area contributed by atoms with E-state index in [1.807, 2.05) is 0 Å². The first-order chi connectivity index (χ1) is 8.50. The molecule has 1 aromatic rings. The maximum Gasteiger partial charge on any atom is 0.0783 e. The maximum absolute atomic E-state index is 12.0. The van der Waals surface area contributed by atoms with Gasteiger partial charge in [0.05, 0.1) is 32.6 Å². The van der Waals surface area contributed by atoms with E-state index in [-0.39, 0.29) is 5.75 Å². The number of hydrogen-bond acceptors (Lipinski definition) is 3. The Morgan fingerprint density at radius 3 is 2.61 bits per heavy atom. The van der Waals surface area contributed by atoms with Crippen LogP contribution in [0.2, 0.25) is 5.02 Å². The molecule has 0 amide bonds. The summed E-state index contributed by atoms with van der Waals surface area (Å²) in [6.07, 6.45) is -0.624. The summed E-state index contributed by atoms with van der Waals surface area (Å²) in [7, 11) is -1.26. The lowest BCUT2D eigenvalue weighted by Gasteiger charge is -2.13. The summed E-state index contributed by atoms with van der Waals surface area (Å²) in [5, 5.41) is 13.4. The average Bonchev–Trinajstić information content (AvgIpc) is 2.28. The molecule has 0 aliphatic heterocycles. The molecule has 2 atom stereocenters. The second kappa shape index (κ2) is 7.89. The molecule has 0 saturated carbocycles. The zero-order valence-electron chi connectivity index (χ0n) is 10.7. The van der Waals surface area contributed by atoms with Crippen LogP contribution in [-0.4, -0.2) is 34.3 Å². The Labute approximate surface area is 116 Å². The van der Waals surface area contributed by atoms with Crippen LogP contribution in [0.3, 0.4) is 0 Å². The van der Waals surface area contributed by atoms with Gasteiger partial charge in [-0.15, -0.1) is 0 Å². The minimum absolute atomic E-state index is 0.203. The Bertz CT molecular complexity index is 398. The second-order valence-electron chi connectivity index (χ2n) is 4.65. The SMILES string of the molecule is CC(C)CNCC(O)CS(=O)c1ccccc1Cl. The van der Waals surface area contributed by atoms with Gasteiger partial charge >= 0.3 is 0 Å². The van der Waals surface area contributed by atoms with Gasteiger partial charge in [0.2, 0.25) is 0 Å². The smallest absolute Gasteiger partial charge is 0.0783 e. The number of benzene rings is 1. The van der Waals surface area contributed by atoms with Crippen molar-refractivity contribution in [1.82, 2.24) is 5.32 Å². The Hall–Kier alpha value is -0.420. The van der Waals surface area contributed by atoms with E-state index in [2.05, 4.69) is 19.2 Å². The van der Waals surface area contributed by atoms with Gasteiger partial charge in [-0.25, -0.2) is 0 Å². The van der Waals surface area contributed by atoms with E-state index in [1.165, 1.54) is 0 Å². The zero-order chi connectivity index (χ0) is 13.5. The first-order valence-electron chi connectivity index (χ1n) is 6.02. The van der Waals surface area contributed by atoms with Crippen LogP contribution in [0, 0.1) is 5.92 Å². The molecule has 5 heteroatoms. The lowest BCUT2D eigenvalue weighted by Crippen LogP contribution is -2.33. The van der Waals surface area contributed by atoms with Crippen molar-refractivity contribution in [1.29, 1.82) is 0 Å². The highest BCUT2D eigenvalue weighted by Crippen LogP contribution is 2.19. The van der Waals surface area contributed by atoms with Crippen LogP contribution in [0.15, 0.2) is 29.2 Å². The fraction of sp³-hybridized carbons (Fsp3) is 0.538. The average molecular weight is 290 g/mol. The molecular weight excluding hydrogens is 270 g/mol. The van der Waals surface area contributed by atoms with E-state index in [1.54, 1.807) is 24.3 Å². The fourth-order valence-corrected chi connectivity index (χ4v) is 3.05. The van der Waals surface area contributed by atoms with Gasteiger partial charge < -0.3 is 10.4 Å². The van der Waals surface area contributed by atoms with Gasteiger partial charge in [0.15, 0.2) is 0 Å². The molecular formula is C13H20ClNO2S. The number of hydrogen-bond donors (Lipinski definition) is 2. The summed E-state index contributed by atoms with van der Waals surface area (Å²) in [5.74, 6) is 0.737. The van der Waals surface area contributed by atoms with Crippen molar-refractivity contribution in [2.75, 3.05) is 18.8 Å². The molecule has 1 rings (SSSR count). The van der Waals surface area contributed by atoms with Crippen molar-refractivity contribution < 1.29 is 9.32 Å². The molecule has 0 radical (unpaired) electrons. The molecule has 3 nitrogen and oxygen atoms in total. The molecule has 0 aromatic heterocycles. The zero-order valence-corrected chi connectivity index (χ0v) is 12.3. The third-order valence-electron chi connectivity index (χ3n) is 2.36. The van der Waals surface area contributed by atoms with Crippen molar-refractivity contribution in [3.63, 3.8) is 0 Å². The third-order valence-corrected chi connectivity index (χ3v) is 4.33. The minimum atomic E-state index is -1.26. The van der Waals surface area contributed by atoms with Gasteiger partial charge in [-0.3, -0.25) is 4.21 Å². The highest BCUT2D eigenvalue weighted by atomic mass is 35.5. The molecule has 1 aromatic carbocycles. The summed E-state index contributed by atoms with van der Waals surface area (Å²) >= 11 is 5.96. The van der Waals surface area contributed by atoms with Crippen LogP contribution >= 0.6 is 11.6 Å². The molecule has 0 aliphatic carbocycles. The number of aliphatic hydroxyl groups excluding tert-OH is 1. The summed E-state index contributed by atoms with van der Waals surface area (Å²) in [6.45, 7) is 5.49. The summed E-state index contributed by atoms with van der Waals surface area (Å²) in [4.78, 5) is 0.585. The quantitative estimate of drug-likeness (QED) is 0.808. The van der Waals surface area contributed by atoms with E-state index < -0.39 is 16.9 Å². The molecule has 0 saturated heterocycles. The van der Waals surface area contributed by atoms with E-state index in [0.29, 0.717) is 22.4 Å². The number of nitrogens with one attached hydrogen (secondary N) is 1. The molecule has 2 N–H and O–H groups in total. The lowest BCUT2D eigenvalue weighted by atomic mass is 10.2. The number of aliphatic hydroxyl groups is 1. The Morgan fingerprint density at radius 1 is 1.33 bits per heavy atom. The lowest BCUT2D eigenvalue weighted by molar-refractivity contribution is 0.193. The van der Waals surface area contributed by atoms with Crippen molar-refractivity contribution in [2.24, 2.45) is 5.92 Å². The molecule has 2 unspecified atom stereocenters. The Balaban J connectivity index is 2.43. The van der Waals surface area contributed by atoms with Crippen LogP contribution < -0.4 is 5.32 Å². The van der Waals surface area contributed by atoms with Gasteiger partial charge in [0, 0.05) is 6.54 Å². The first kappa shape index (κ1) is 15.6. The van der Waals surface area contributed by atoms with Crippen LogP contribution in [0.25, 0.3) is 0 Å². The Kier molecular flexibility index (Phi) is 6.86. The van der Waals surface area contributed by atoms with Gasteiger partial charge in [-0.2, -0.15) is 0 Å². The van der Waals surface area contributed by atoms with Crippen LogP contribution in [-0.2, 0) is 10.8 Å². The van der Waals surface area contributed by atoms with Crippen LogP contribution in [0.5, 0.6) is 0 Å². The van der Waals surface area contributed by atoms with E-state index in [4.69, 9.17) is 11.6 Å². The predicted octanol–water partition coefficient (Wildman–Crippen LogP) is 2.05. The van der Waals surface area contributed by atoms with Crippen LogP contribution in [0.1, 0.15) is 13.8 Å². The molecule has 0 heterocycles. The molecule has 0 aliphatic rings. The van der Waals surface area contributed by atoms with Gasteiger partial charge in [0.1, 0.15) is 0 Å². The first-order valence-corrected chi connectivity index (χ1v) is 7.72. The molecule has 0 spiro atoms. The number of halogens is 1. The summed E-state index contributed by atoms with van der Waals surface area (Å²) in [6, 6.07) is 7.02. The van der Waals surface area contributed by atoms with Crippen molar-refractivity contribution in [2.45, 2.75) is 24.8 Å². The van der Waals surface area contributed by atoms with Gasteiger partial charge in [-0.05, 0) is 24.6 Å². The summed E-state index contributed by atoms with van der Waals surface area (Å²) < 4.78 is 12.0. The standard InChI is InChI=1S/C13H20ClNO2S/c1-10(2)7-15-8-11(16)9-18(17)13-6-4-3-5-12(13)14/h3-6,10-11,15-16H,7-9H2,1-2H3. The Morgan fingerprint density at radius 2 is 2.00 bits per heavy atom. The minimum Gasteiger partial charge on any atom is -0.391 e. The molecule has 102 valence electrons. The van der Waals surface area contributed by atoms with Crippen molar-refractivity contribution in [3.8, 4) is 0 Å². The van der Waals surface area contributed by atoms with Crippen molar-refractivity contribution in [3.05, 3.63) is 29.3 Å². The van der Waals surface area contributed by atoms with Gasteiger partial charge in [0.25, 0.3) is 0 Å². The largest absolute Gasteiger partial charge is 0.391 e. The van der Waals surface area contributed by atoms with E-state index in [9.17, 15) is 9.32 Å². The molecule has 18 heavy (non-hydrogen) atoms. The highest BCUT2D eigenvalue weighted by molar-refractivity contribution is 7.85. The summed E-state index contributed by atoms with van der Waals surface area (Å²) in [5.41, 5.74) is 0. The highest BCUT2D eigenvalue weighted by Gasteiger charge is 2.13. The van der Waals surface area contributed by atoms with Crippen molar-refractivity contribution >= 4 is 22.4 Å². The maximum atomic E-state index is 12.0. The normalized spacial score (nSPS) is 14.7. The molecule has 0 bridgehead atoms. The fourth-order valence-electron chi connectivity index (χ4n) is 1.49. The monoisotopic (exact) mass is 289 g/mol. The third kappa shape index (κ3) is 5.48. The predicted molar refractivity (Wildman–Crippen MR) is 76.4 cm³/mol. The van der Waals surface area contributed by atoms with E-state index in [0.717, 1.165) is 6.54 Å².